The molecule has 3 aliphatic rings. The maximum atomic E-state index is 12.6. The van der Waals surface area contributed by atoms with Crippen molar-refractivity contribution in [2.75, 3.05) is 26.6 Å². The van der Waals surface area contributed by atoms with E-state index in [1.165, 1.54) is 6.26 Å². The van der Waals surface area contributed by atoms with Gasteiger partial charge in [-0.05, 0) is 59.6 Å². The lowest BCUT2D eigenvalue weighted by molar-refractivity contribution is -0.137. The molecule has 1 heterocycles. The van der Waals surface area contributed by atoms with Crippen LogP contribution in [0, 0.1) is 22.7 Å². The van der Waals surface area contributed by atoms with Crippen LogP contribution in [0.5, 0.6) is 0 Å². The molecule has 6 nitrogen and oxygen atoms in total. The monoisotopic (exact) mass is 435 g/mol. The quantitative estimate of drug-likeness (QED) is 0.742. The van der Waals surface area contributed by atoms with Crippen molar-refractivity contribution < 1.29 is 22.7 Å². The molecule has 1 aromatic carbocycles. The number of carbonyl (C=O) groups is 1. The highest BCUT2D eigenvalue weighted by atomic mass is 32.2. The number of fused-ring (bicyclic) bond motifs is 1. The minimum absolute atomic E-state index is 0.0231. The van der Waals surface area contributed by atoms with E-state index in [-0.39, 0.29) is 28.9 Å². The Bertz CT molecular complexity index is 910. The van der Waals surface area contributed by atoms with Crippen molar-refractivity contribution in [2.24, 2.45) is 22.7 Å². The van der Waals surface area contributed by atoms with E-state index in [0.717, 1.165) is 24.8 Å². The average molecular weight is 436 g/mol. The van der Waals surface area contributed by atoms with Gasteiger partial charge in [-0.1, -0.05) is 26.0 Å². The highest BCUT2D eigenvalue weighted by Crippen LogP contribution is 2.70. The fourth-order valence-corrected chi connectivity index (χ4v) is 7.08. The van der Waals surface area contributed by atoms with Gasteiger partial charge in [0.2, 0.25) is 5.91 Å². The molecule has 5 atom stereocenters. The van der Waals surface area contributed by atoms with Gasteiger partial charge >= 0.3 is 0 Å². The summed E-state index contributed by atoms with van der Waals surface area (Å²) in [5.41, 5.74) is 1.10. The van der Waals surface area contributed by atoms with E-state index in [1.807, 2.05) is 12.1 Å². The van der Waals surface area contributed by atoms with Crippen LogP contribution in [0.4, 0.5) is 0 Å². The highest BCUT2D eigenvalue weighted by Gasteiger charge is 2.68. The maximum absolute atomic E-state index is 12.6. The molecule has 2 saturated carbocycles. The van der Waals surface area contributed by atoms with E-state index in [0.29, 0.717) is 36.4 Å². The number of benzene rings is 1. The Labute approximate surface area is 179 Å². The van der Waals surface area contributed by atoms with Gasteiger partial charge in [0.1, 0.15) is 0 Å². The number of ether oxygens (including phenoxy) is 2. The van der Waals surface area contributed by atoms with Crippen molar-refractivity contribution in [3.05, 3.63) is 29.8 Å². The van der Waals surface area contributed by atoms with E-state index >= 15 is 0 Å². The molecule has 3 fully saturated rings. The Morgan fingerprint density at radius 1 is 1.27 bits per heavy atom. The van der Waals surface area contributed by atoms with Crippen molar-refractivity contribution in [3.63, 3.8) is 0 Å². The largest absolute Gasteiger partial charge is 0.384 e. The zero-order valence-corrected chi connectivity index (χ0v) is 19.1. The number of hydrogen-bond donors (Lipinski definition) is 1. The zero-order valence-electron chi connectivity index (χ0n) is 18.3. The third-order valence-electron chi connectivity index (χ3n) is 7.98. The fourth-order valence-electron chi connectivity index (χ4n) is 6.45. The first-order valence-corrected chi connectivity index (χ1v) is 12.7. The molecule has 1 saturated heterocycles. The van der Waals surface area contributed by atoms with Gasteiger partial charge in [-0.25, -0.2) is 8.42 Å². The summed E-state index contributed by atoms with van der Waals surface area (Å²) in [6.45, 7) is 5.66. The number of amides is 1. The maximum Gasteiger partial charge on any atom is 0.222 e. The highest BCUT2D eigenvalue weighted by molar-refractivity contribution is 7.90. The van der Waals surface area contributed by atoms with Crippen LogP contribution in [0.1, 0.15) is 51.2 Å². The van der Waals surface area contributed by atoms with Crippen LogP contribution in [-0.4, -0.2) is 46.9 Å². The number of rotatable bonds is 6. The topological polar surface area (TPSA) is 81.7 Å². The van der Waals surface area contributed by atoms with Crippen LogP contribution in [0.2, 0.25) is 0 Å². The van der Waals surface area contributed by atoms with Gasteiger partial charge < -0.3 is 14.8 Å². The third kappa shape index (κ3) is 3.49. The number of hydrogen-bond acceptors (Lipinski definition) is 5. The Morgan fingerprint density at radius 3 is 2.60 bits per heavy atom. The third-order valence-corrected chi connectivity index (χ3v) is 9.11. The van der Waals surface area contributed by atoms with Crippen LogP contribution in [0.3, 0.4) is 0 Å². The van der Waals surface area contributed by atoms with E-state index in [9.17, 15) is 13.2 Å². The number of methoxy groups -OCH3 is 1. The smallest absolute Gasteiger partial charge is 0.222 e. The normalized spacial score (nSPS) is 34.5. The van der Waals surface area contributed by atoms with Crippen molar-refractivity contribution in [2.45, 2.75) is 56.6 Å². The first-order chi connectivity index (χ1) is 14.1. The lowest BCUT2D eigenvalue weighted by atomic mass is 9.59. The second kappa shape index (κ2) is 7.61. The van der Waals surface area contributed by atoms with Crippen LogP contribution >= 0.6 is 0 Å². The first kappa shape index (κ1) is 21.8. The molecular weight excluding hydrogens is 402 g/mol. The second-order valence-electron chi connectivity index (χ2n) is 9.92. The predicted octanol–water partition coefficient (Wildman–Crippen LogP) is 3.13. The lowest BCUT2D eigenvalue weighted by Crippen LogP contribution is -2.59. The molecule has 1 aromatic rings. The molecule has 1 aliphatic heterocycles. The number of sulfone groups is 1. The Hall–Kier alpha value is -1.44. The minimum atomic E-state index is -3.22. The molecule has 1 spiro atoms. The minimum Gasteiger partial charge on any atom is -0.384 e. The fraction of sp³-hybridized carbons (Fsp3) is 0.696. The number of nitrogens with one attached hydrogen (secondary N) is 1. The van der Waals surface area contributed by atoms with Gasteiger partial charge in [-0.15, -0.1) is 0 Å². The summed E-state index contributed by atoms with van der Waals surface area (Å²) < 4.78 is 35.0. The Morgan fingerprint density at radius 2 is 1.97 bits per heavy atom. The summed E-state index contributed by atoms with van der Waals surface area (Å²) in [7, 11) is -1.61. The van der Waals surface area contributed by atoms with E-state index < -0.39 is 9.84 Å². The van der Waals surface area contributed by atoms with Gasteiger partial charge in [-0.3, -0.25) is 4.79 Å². The van der Waals surface area contributed by atoms with Crippen molar-refractivity contribution in [3.8, 4) is 0 Å². The first-order valence-electron chi connectivity index (χ1n) is 10.8. The van der Waals surface area contributed by atoms with Crippen molar-refractivity contribution >= 4 is 15.7 Å². The molecule has 1 N–H and O–H groups in total. The van der Waals surface area contributed by atoms with Crippen LogP contribution in [0.15, 0.2) is 29.2 Å². The lowest BCUT2D eigenvalue weighted by Gasteiger charge is -2.53. The molecule has 1 unspecified atom stereocenters. The molecule has 1 amide bonds. The van der Waals surface area contributed by atoms with Gasteiger partial charge in [0.05, 0.1) is 17.6 Å². The van der Waals surface area contributed by atoms with Crippen LogP contribution in [0.25, 0.3) is 0 Å². The second-order valence-corrected chi connectivity index (χ2v) is 11.9. The molecule has 4 rings (SSSR count). The molecular formula is C23H33NO5S. The molecule has 0 radical (unpaired) electrons. The van der Waals surface area contributed by atoms with Crippen molar-refractivity contribution in [1.29, 1.82) is 0 Å². The zero-order chi connectivity index (χ0) is 21.7. The molecule has 7 heteroatoms. The summed E-state index contributed by atoms with van der Waals surface area (Å²) in [6, 6.07) is 7.25. The van der Waals surface area contributed by atoms with E-state index in [2.05, 4.69) is 19.2 Å². The Kier molecular flexibility index (Phi) is 5.52. The van der Waals surface area contributed by atoms with Crippen molar-refractivity contribution in [1.82, 2.24) is 5.32 Å². The molecule has 2 bridgehead atoms. The molecule has 0 aromatic heterocycles. The van der Waals surface area contributed by atoms with Crippen LogP contribution in [-0.2, 0) is 24.1 Å². The standard InChI is InChI=1S/C23H33NO5S/c1-22(2)16-13-18-20(15-5-7-17(8-6-15)30(4,26)27)29-12-10-23(18,14-16)21(22)24-19(25)9-11-28-3/h5-8,16,18,20-21H,9-14H2,1-4H3,(H,24,25)/t16-,18-,20-,21+,23?/m1/s1. The number of carbonyl (C=O) groups excluding carboxylic acids is 1. The predicted molar refractivity (Wildman–Crippen MR) is 114 cm³/mol. The van der Waals surface area contributed by atoms with Gasteiger partial charge in [0.15, 0.2) is 9.84 Å². The summed E-state index contributed by atoms with van der Waals surface area (Å²) in [5.74, 6) is 0.909. The van der Waals surface area contributed by atoms with Gasteiger partial charge in [0, 0.05) is 32.4 Å². The average Bonchev–Trinajstić information content (AvgIpc) is 3.18. The van der Waals surface area contributed by atoms with E-state index in [4.69, 9.17) is 9.47 Å². The molecule has 2 aliphatic carbocycles. The molecule has 30 heavy (non-hydrogen) atoms. The summed E-state index contributed by atoms with van der Waals surface area (Å²) in [6.07, 6.45) is 4.68. The van der Waals surface area contributed by atoms with Gasteiger partial charge in [0.25, 0.3) is 0 Å². The Balaban J connectivity index is 1.62. The summed E-state index contributed by atoms with van der Waals surface area (Å²) in [5, 5.41) is 3.37. The summed E-state index contributed by atoms with van der Waals surface area (Å²) >= 11 is 0. The summed E-state index contributed by atoms with van der Waals surface area (Å²) in [4.78, 5) is 12.9. The SMILES string of the molecule is COCCC(=O)N[C@H]1C(C)(C)[C@@H]2C[C@@H]3[C@@H](c4ccc(S(C)(=O)=O)cc4)OCCC31C2. The van der Waals surface area contributed by atoms with Gasteiger partial charge in [-0.2, -0.15) is 0 Å². The van der Waals surface area contributed by atoms with Crippen LogP contribution < -0.4 is 5.32 Å². The van der Waals surface area contributed by atoms with E-state index in [1.54, 1.807) is 19.2 Å². The molecule has 166 valence electrons.